The summed E-state index contributed by atoms with van der Waals surface area (Å²) in [7, 11) is 0. The third-order valence-electron chi connectivity index (χ3n) is 3.26. The summed E-state index contributed by atoms with van der Waals surface area (Å²) in [6, 6.07) is 5.81. The number of fused-ring (bicyclic) bond motifs is 1. The van der Waals surface area contributed by atoms with Gasteiger partial charge in [-0.15, -0.1) is 0 Å². The Balaban J connectivity index is 2.11. The molecule has 3 nitrogen and oxygen atoms in total. The molecule has 3 rings (SSSR count). The number of nitrogen functional groups attached to an aromatic ring is 1. The molecule has 1 aromatic carbocycles. The van der Waals surface area contributed by atoms with E-state index >= 15 is 0 Å². The predicted octanol–water partition coefficient (Wildman–Crippen LogP) is 3.07. The van der Waals surface area contributed by atoms with E-state index < -0.39 is 0 Å². The highest BCUT2D eigenvalue weighted by Gasteiger charge is 2.23. The minimum absolute atomic E-state index is 0.568. The molecule has 2 N–H and O–H groups in total. The number of nitrogens with zero attached hydrogens (tertiary/aromatic N) is 1. The molecule has 1 aromatic heterocycles. The Morgan fingerprint density at radius 2 is 2.07 bits per heavy atom. The Bertz CT molecular complexity index is 483. The first-order valence-electron chi connectivity index (χ1n) is 5.49. The monoisotopic (exact) mass is 202 g/mol. The number of aromatic nitrogens is 1. The zero-order valence-corrected chi connectivity index (χ0v) is 8.57. The molecule has 0 bridgehead atoms. The van der Waals surface area contributed by atoms with Crippen LogP contribution in [0.15, 0.2) is 22.7 Å². The van der Waals surface area contributed by atoms with Gasteiger partial charge in [0.15, 0.2) is 0 Å². The zero-order valence-electron chi connectivity index (χ0n) is 8.57. The van der Waals surface area contributed by atoms with Crippen LogP contribution in [-0.4, -0.2) is 5.16 Å². The molecule has 1 heterocycles. The number of hydrogen-bond donors (Lipinski definition) is 1. The van der Waals surface area contributed by atoms with E-state index in [2.05, 4.69) is 5.16 Å². The minimum Gasteiger partial charge on any atom is -0.399 e. The van der Waals surface area contributed by atoms with E-state index in [1.807, 2.05) is 18.2 Å². The molecule has 0 aliphatic heterocycles. The van der Waals surface area contributed by atoms with Gasteiger partial charge in [-0.3, -0.25) is 0 Å². The summed E-state index contributed by atoms with van der Waals surface area (Å²) >= 11 is 0. The fraction of sp³-hybridized carbons (Fsp3) is 0.417. The van der Waals surface area contributed by atoms with Crippen LogP contribution in [0.4, 0.5) is 5.69 Å². The van der Waals surface area contributed by atoms with Crippen molar-refractivity contribution in [3.05, 3.63) is 24.0 Å². The standard InChI is InChI=1S/C12H14N2O/c13-9-5-6-10-11(7-9)14-15-12(10)8-3-1-2-4-8/h5-8H,1-4,13H2. The molecule has 0 amide bonds. The Kier molecular flexibility index (Phi) is 1.91. The summed E-state index contributed by atoms with van der Waals surface area (Å²) in [5.41, 5.74) is 7.34. The summed E-state index contributed by atoms with van der Waals surface area (Å²) in [5, 5.41) is 5.20. The van der Waals surface area contributed by atoms with Crippen LogP contribution in [-0.2, 0) is 0 Å². The van der Waals surface area contributed by atoms with Gasteiger partial charge in [0.25, 0.3) is 0 Å². The van der Waals surface area contributed by atoms with Gasteiger partial charge in [-0.1, -0.05) is 18.0 Å². The van der Waals surface area contributed by atoms with Crippen LogP contribution in [0, 0.1) is 0 Å². The summed E-state index contributed by atoms with van der Waals surface area (Å²) in [4.78, 5) is 0. The molecular weight excluding hydrogens is 188 g/mol. The Hall–Kier alpha value is -1.51. The lowest BCUT2D eigenvalue weighted by Gasteiger charge is -2.03. The first-order valence-corrected chi connectivity index (χ1v) is 5.49. The summed E-state index contributed by atoms with van der Waals surface area (Å²) in [6.45, 7) is 0. The first kappa shape index (κ1) is 8.77. The number of benzene rings is 1. The smallest absolute Gasteiger partial charge is 0.147 e. The molecule has 3 heteroatoms. The molecule has 0 saturated heterocycles. The first-order chi connectivity index (χ1) is 7.34. The summed E-state index contributed by atoms with van der Waals surface area (Å²) < 4.78 is 5.45. The molecule has 0 unspecified atom stereocenters. The van der Waals surface area contributed by atoms with Gasteiger partial charge in [0.2, 0.25) is 0 Å². The van der Waals surface area contributed by atoms with Crippen molar-refractivity contribution in [2.75, 3.05) is 5.73 Å². The molecule has 0 spiro atoms. The molecule has 2 aromatic rings. The van der Waals surface area contributed by atoms with Crippen molar-refractivity contribution in [3.8, 4) is 0 Å². The van der Waals surface area contributed by atoms with Gasteiger partial charge >= 0.3 is 0 Å². The highest BCUT2D eigenvalue weighted by atomic mass is 16.5. The van der Waals surface area contributed by atoms with Gasteiger partial charge in [0, 0.05) is 17.0 Å². The van der Waals surface area contributed by atoms with Gasteiger partial charge in [0.05, 0.1) is 0 Å². The summed E-state index contributed by atoms with van der Waals surface area (Å²) in [5.74, 6) is 1.63. The fourth-order valence-corrected chi connectivity index (χ4v) is 2.46. The molecule has 15 heavy (non-hydrogen) atoms. The highest BCUT2D eigenvalue weighted by Crippen LogP contribution is 2.37. The van der Waals surface area contributed by atoms with E-state index in [1.165, 1.54) is 25.7 Å². The topological polar surface area (TPSA) is 52.0 Å². The number of nitrogens with two attached hydrogens (primary N) is 1. The molecule has 1 saturated carbocycles. The van der Waals surface area contributed by atoms with E-state index in [0.29, 0.717) is 5.92 Å². The van der Waals surface area contributed by atoms with E-state index in [9.17, 15) is 0 Å². The predicted molar refractivity (Wildman–Crippen MR) is 59.6 cm³/mol. The van der Waals surface area contributed by atoms with Crippen molar-refractivity contribution in [1.29, 1.82) is 0 Å². The van der Waals surface area contributed by atoms with Crippen LogP contribution < -0.4 is 5.73 Å². The number of rotatable bonds is 1. The van der Waals surface area contributed by atoms with Crippen LogP contribution in [0.3, 0.4) is 0 Å². The van der Waals surface area contributed by atoms with Crippen LogP contribution in [0.1, 0.15) is 37.4 Å². The third-order valence-corrected chi connectivity index (χ3v) is 3.26. The maximum absolute atomic E-state index is 5.70. The Labute approximate surface area is 88.2 Å². The average Bonchev–Trinajstić information content (AvgIpc) is 2.82. The second-order valence-corrected chi connectivity index (χ2v) is 4.30. The zero-order chi connectivity index (χ0) is 10.3. The van der Waals surface area contributed by atoms with Crippen molar-refractivity contribution >= 4 is 16.6 Å². The normalized spacial score (nSPS) is 17.6. The Morgan fingerprint density at radius 3 is 2.87 bits per heavy atom. The highest BCUT2D eigenvalue weighted by molar-refractivity contribution is 5.83. The lowest BCUT2D eigenvalue weighted by atomic mass is 10.0. The summed E-state index contributed by atoms with van der Waals surface area (Å²) in [6.07, 6.45) is 5.08. The van der Waals surface area contributed by atoms with Crippen molar-refractivity contribution in [1.82, 2.24) is 5.16 Å². The molecule has 0 radical (unpaired) electrons. The van der Waals surface area contributed by atoms with Crippen LogP contribution >= 0.6 is 0 Å². The lowest BCUT2D eigenvalue weighted by molar-refractivity contribution is 0.368. The minimum atomic E-state index is 0.568. The third kappa shape index (κ3) is 1.39. The van der Waals surface area contributed by atoms with Crippen LogP contribution in [0.2, 0.25) is 0 Å². The second-order valence-electron chi connectivity index (χ2n) is 4.30. The van der Waals surface area contributed by atoms with Gasteiger partial charge in [-0.2, -0.15) is 0 Å². The van der Waals surface area contributed by atoms with E-state index in [4.69, 9.17) is 10.3 Å². The quantitative estimate of drug-likeness (QED) is 0.723. The van der Waals surface area contributed by atoms with E-state index in [1.54, 1.807) is 0 Å². The van der Waals surface area contributed by atoms with Crippen molar-refractivity contribution < 1.29 is 4.52 Å². The number of anilines is 1. The maximum atomic E-state index is 5.70. The lowest BCUT2D eigenvalue weighted by Crippen LogP contribution is -1.90. The van der Waals surface area contributed by atoms with Gasteiger partial charge in [-0.25, -0.2) is 0 Å². The molecule has 1 aliphatic carbocycles. The largest absolute Gasteiger partial charge is 0.399 e. The van der Waals surface area contributed by atoms with Crippen LogP contribution in [0.25, 0.3) is 10.9 Å². The van der Waals surface area contributed by atoms with Crippen molar-refractivity contribution in [3.63, 3.8) is 0 Å². The maximum Gasteiger partial charge on any atom is 0.147 e. The molecule has 1 fully saturated rings. The van der Waals surface area contributed by atoms with Gasteiger partial charge in [-0.05, 0) is 31.0 Å². The second kappa shape index (κ2) is 3.26. The van der Waals surface area contributed by atoms with Crippen LogP contribution in [0.5, 0.6) is 0 Å². The van der Waals surface area contributed by atoms with E-state index in [0.717, 1.165) is 22.4 Å². The average molecular weight is 202 g/mol. The van der Waals surface area contributed by atoms with Crippen molar-refractivity contribution in [2.24, 2.45) is 0 Å². The molecule has 1 aliphatic rings. The number of hydrogen-bond acceptors (Lipinski definition) is 3. The molecular formula is C12H14N2O. The Morgan fingerprint density at radius 1 is 1.27 bits per heavy atom. The fourth-order valence-electron chi connectivity index (χ4n) is 2.46. The van der Waals surface area contributed by atoms with Gasteiger partial charge in [0.1, 0.15) is 11.3 Å². The molecule has 0 atom stereocenters. The van der Waals surface area contributed by atoms with Gasteiger partial charge < -0.3 is 10.3 Å². The van der Waals surface area contributed by atoms with Crippen molar-refractivity contribution in [2.45, 2.75) is 31.6 Å². The molecule has 78 valence electrons. The SMILES string of the molecule is Nc1ccc2c(C3CCCC3)onc2c1. The van der Waals surface area contributed by atoms with E-state index in [-0.39, 0.29) is 0 Å².